The van der Waals surface area contributed by atoms with E-state index in [9.17, 15) is 13.2 Å². The quantitative estimate of drug-likeness (QED) is 0.161. The van der Waals surface area contributed by atoms with E-state index >= 15 is 0 Å². The molecule has 2 saturated heterocycles. The standard InChI is InChI=1S/C16H23NO2.C15H22O3.C9H11IO2S/c1-17-15-12-6-11-7-13(15)10-16(8-11,9-12)19-14-4-2-3-5-18-14;16-14-11-5-10-6-12(14)9-15(7-10,8-11)18-13-3-1-2-4-17-13;1-7-3-5-9(6-4-7)13(11,12)8(2)10/h11-15H,2-10H2;10-13H,1-9H2;3-6,8H,1-2H3. The first kappa shape index (κ1) is 37.2. The zero-order valence-corrected chi connectivity index (χ0v) is 32.9. The second kappa shape index (κ2) is 15.3. The van der Waals surface area contributed by atoms with Gasteiger partial charge in [-0.25, -0.2) is 15.0 Å². The van der Waals surface area contributed by atoms with Crippen molar-refractivity contribution in [3.8, 4) is 0 Å². The number of ketones is 1. The fourth-order valence-electron chi connectivity index (χ4n) is 11.2. The number of aryl methyl sites for hydroxylation is 1. The Hall–Kier alpha value is -1.10. The first-order valence-electron chi connectivity index (χ1n) is 19.4. The van der Waals surface area contributed by atoms with Gasteiger partial charge in [0.15, 0.2) is 22.4 Å². The summed E-state index contributed by atoms with van der Waals surface area (Å²) in [4.78, 5) is 16.5. The van der Waals surface area contributed by atoms with Crippen LogP contribution in [0.15, 0.2) is 29.2 Å². The summed E-state index contributed by atoms with van der Waals surface area (Å²) in [6.07, 6.45) is 18.3. The Balaban J connectivity index is 0.000000120. The van der Waals surface area contributed by atoms with Crippen molar-refractivity contribution in [2.45, 2.75) is 155 Å². The van der Waals surface area contributed by atoms with E-state index in [-0.39, 0.29) is 27.0 Å². The van der Waals surface area contributed by atoms with Gasteiger partial charge in [-0.15, -0.1) is 0 Å². The Bertz CT molecular complexity index is 1460. The summed E-state index contributed by atoms with van der Waals surface area (Å²) in [5.74, 6) is 3.91. The van der Waals surface area contributed by atoms with Crippen LogP contribution in [0.3, 0.4) is 0 Å². The zero-order chi connectivity index (χ0) is 35.1. The summed E-state index contributed by atoms with van der Waals surface area (Å²) in [5.41, 5.74) is 1.13. The van der Waals surface area contributed by atoms with E-state index < -0.39 is 9.84 Å². The van der Waals surface area contributed by atoms with Crippen molar-refractivity contribution in [3.63, 3.8) is 0 Å². The fourth-order valence-corrected chi connectivity index (χ4v) is 13.0. The minimum absolute atomic E-state index is 0.00472. The highest BCUT2D eigenvalue weighted by Gasteiger charge is 2.60. The molecular formula is C40H56INO7S. The second-order valence-corrected chi connectivity index (χ2v) is 21.9. The maximum Gasteiger partial charge on any atom is 0.229 e. The second-order valence-electron chi connectivity index (χ2n) is 16.9. The third-order valence-corrected chi connectivity index (χ3v) is 16.9. The summed E-state index contributed by atoms with van der Waals surface area (Å²) in [5, 5.41) is 0. The van der Waals surface area contributed by atoms with Gasteiger partial charge in [0.25, 0.3) is 0 Å². The highest BCUT2D eigenvalue weighted by atomic mass is 127. The predicted octanol–water partition coefficient (Wildman–Crippen LogP) is 8.62. The molecule has 2 aliphatic heterocycles. The molecule has 1 aromatic rings. The van der Waals surface area contributed by atoms with Crippen LogP contribution in [-0.2, 0) is 33.6 Å². The van der Waals surface area contributed by atoms with Crippen LogP contribution in [0.25, 0.3) is 4.85 Å². The number of hydrogen-bond acceptors (Lipinski definition) is 7. The number of sulfone groups is 1. The van der Waals surface area contributed by atoms with Gasteiger partial charge in [-0.1, -0.05) is 40.3 Å². The maximum absolute atomic E-state index is 12.1. The minimum atomic E-state index is -3.11. The molecule has 10 fully saturated rings. The molecule has 0 spiro atoms. The molecule has 2 heterocycles. The average molecular weight is 822 g/mol. The van der Waals surface area contributed by atoms with E-state index in [0.717, 1.165) is 82.0 Å². The van der Waals surface area contributed by atoms with Gasteiger partial charge in [-0.3, -0.25) is 4.79 Å². The Morgan fingerprint density at radius 3 is 1.76 bits per heavy atom. The van der Waals surface area contributed by atoms with Crippen LogP contribution in [-0.4, -0.2) is 60.5 Å². The lowest BCUT2D eigenvalue weighted by Crippen LogP contribution is -2.58. The number of halogens is 1. The molecule has 0 N–H and O–H groups in total. The lowest BCUT2D eigenvalue weighted by atomic mass is 9.52. The molecule has 7 unspecified atom stereocenters. The Morgan fingerprint density at radius 1 is 0.800 bits per heavy atom. The summed E-state index contributed by atoms with van der Waals surface area (Å²) in [7, 11) is -3.11. The Kier molecular flexibility index (Phi) is 11.4. The van der Waals surface area contributed by atoms with Crippen LogP contribution in [0.4, 0.5) is 0 Å². The van der Waals surface area contributed by atoms with Gasteiger partial charge in [0.05, 0.1) is 16.1 Å². The molecule has 7 atom stereocenters. The van der Waals surface area contributed by atoms with E-state index in [0.29, 0.717) is 40.4 Å². The number of nitrogens with zero attached hydrogens (tertiary/aromatic N) is 1. The van der Waals surface area contributed by atoms with E-state index in [1.807, 2.05) is 41.6 Å². The van der Waals surface area contributed by atoms with Gasteiger partial charge in [-0.2, -0.15) is 0 Å². The molecule has 0 amide bonds. The van der Waals surface area contributed by atoms with Crippen LogP contribution in [0.1, 0.15) is 115 Å². The molecule has 50 heavy (non-hydrogen) atoms. The van der Waals surface area contributed by atoms with E-state index in [4.69, 9.17) is 25.5 Å². The number of carbonyl (C=O) groups is 1. The molecule has 0 aromatic heterocycles. The maximum atomic E-state index is 12.1. The van der Waals surface area contributed by atoms with Crippen LogP contribution in [0, 0.1) is 49.0 Å². The van der Waals surface area contributed by atoms with Gasteiger partial charge in [0.1, 0.15) is 9.04 Å². The van der Waals surface area contributed by atoms with Crippen LogP contribution < -0.4 is 0 Å². The van der Waals surface area contributed by atoms with Crippen LogP contribution in [0.5, 0.6) is 0 Å². The lowest BCUT2D eigenvalue weighted by Gasteiger charge is -2.56. The number of carbonyl (C=O) groups excluding carboxylic acids is 1. The topological polar surface area (TPSA) is 92.5 Å². The molecule has 276 valence electrons. The van der Waals surface area contributed by atoms with Gasteiger partial charge in [0, 0.05) is 36.9 Å². The highest BCUT2D eigenvalue weighted by Crippen LogP contribution is 2.59. The van der Waals surface area contributed by atoms with Crippen molar-refractivity contribution in [2.75, 3.05) is 13.2 Å². The summed E-state index contributed by atoms with van der Waals surface area (Å²) in [6.45, 7) is 12.8. The van der Waals surface area contributed by atoms with Crippen molar-refractivity contribution in [1.82, 2.24) is 0 Å². The third kappa shape index (κ3) is 8.03. The summed E-state index contributed by atoms with van der Waals surface area (Å²) < 4.78 is 47.2. The lowest BCUT2D eigenvalue weighted by molar-refractivity contribution is -0.265. The van der Waals surface area contributed by atoms with Crippen molar-refractivity contribution < 1.29 is 32.2 Å². The molecule has 10 aliphatic rings. The molecule has 8 nitrogen and oxygen atoms in total. The first-order valence-corrected chi connectivity index (χ1v) is 22.2. The predicted molar refractivity (Wildman–Crippen MR) is 199 cm³/mol. The average Bonchev–Trinajstić information content (AvgIpc) is 3.08. The van der Waals surface area contributed by atoms with E-state index in [2.05, 4.69) is 4.85 Å². The van der Waals surface area contributed by atoms with Crippen molar-refractivity contribution in [3.05, 3.63) is 41.2 Å². The Morgan fingerprint density at radius 2 is 1.30 bits per heavy atom. The Labute approximate surface area is 313 Å². The highest BCUT2D eigenvalue weighted by molar-refractivity contribution is 14.1. The van der Waals surface area contributed by atoms with Crippen LogP contribution >= 0.6 is 22.6 Å². The summed E-state index contributed by atoms with van der Waals surface area (Å²) >= 11 is 1.91. The van der Waals surface area contributed by atoms with Crippen molar-refractivity contribution >= 4 is 38.2 Å². The molecule has 0 radical (unpaired) electrons. The normalized spacial score (nSPS) is 41.7. The number of benzene rings is 1. The number of rotatable bonds is 6. The number of Topliss-reactive ketones (excluding diaryl/α,β-unsaturated/α-hetero) is 1. The molecule has 10 heteroatoms. The number of hydrogen-bond donors (Lipinski definition) is 0. The van der Waals surface area contributed by atoms with Crippen molar-refractivity contribution in [2.24, 2.45) is 35.5 Å². The van der Waals surface area contributed by atoms with Gasteiger partial charge in [-0.05, 0) is 141 Å². The largest absolute Gasteiger partial charge is 0.353 e. The van der Waals surface area contributed by atoms with E-state index in [1.54, 1.807) is 19.1 Å². The van der Waals surface area contributed by atoms with Gasteiger partial charge >= 0.3 is 0 Å². The molecule has 8 bridgehead atoms. The molecule has 11 rings (SSSR count). The fraction of sp³-hybridized carbons (Fsp3) is 0.800. The molecule has 1 aromatic carbocycles. The SMILES string of the molecule is Cc1ccc(S(=O)(=O)C(C)I)cc1.O=C1C2CC3CC1CC(OC1CCCCO1)(C3)C2.[C-]#[N+]C1C2CC3CC1CC(OC1CCCCO1)(C3)C2. The minimum Gasteiger partial charge on any atom is -0.353 e. The van der Waals surface area contributed by atoms with Crippen molar-refractivity contribution in [1.29, 1.82) is 0 Å². The molecular weight excluding hydrogens is 765 g/mol. The smallest absolute Gasteiger partial charge is 0.229 e. The van der Waals surface area contributed by atoms with Gasteiger partial charge in [0.2, 0.25) is 6.04 Å². The third-order valence-electron chi connectivity index (χ3n) is 13.1. The first-order chi connectivity index (χ1) is 24.0. The van der Waals surface area contributed by atoms with Gasteiger partial charge < -0.3 is 23.8 Å². The number of alkyl halides is 1. The number of ether oxygens (including phenoxy) is 4. The zero-order valence-electron chi connectivity index (χ0n) is 29.9. The molecule has 8 saturated carbocycles. The van der Waals surface area contributed by atoms with E-state index in [1.165, 1.54) is 51.4 Å². The summed E-state index contributed by atoms with van der Waals surface area (Å²) in [6, 6.07) is 7.22. The van der Waals surface area contributed by atoms with Crippen LogP contribution in [0.2, 0.25) is 0 Å². The molecule has 8 aliphatic carbocycles. The monoisotopic (exact) mass is 821 g/mol.